The van der Waals surface area contributed by atoms with Crippen LogP contribution in [0, 0.1) is 23.7 Å². The van der Waals surface area contributed by atoms with E-state index in [9.17, 15) is 22.8 Å². The fourth-order valence-electron chi connectivity index (χ4n) is 6.45. The van der Waals surface area contributed by atoms with Crippen LogP contribution in [0.2, 0.25) is 0 Å². The molecule has 7 rings (SSSR count). The van der Waals surface area contributed by atoms with E-state index in [4.69, 9.17) is 0 Å². The van der Waals surface area contributed by atoms with Crippen molar-refractivity contribution < 1.29 is 30.4 Å². The number of likely N-dealkylation sites (tertiary alicyclic amines) is 2. The third-order valence-corrected chi connectivity index (χ3v) is 8.12. The number of carbonyl (C=O) groups is 2. The second kappa shape index (κ2) is 7.70. The average molecular weight is 515 g/mol. The van der Waals surface area contributed by atoms with Crippen LogP contribution in [0.5, 0.6) is 5.75 Å². The lowest BCUT2D eigenvalue weighted by Gasteiger charge is -2.42. The number of alkyl halides is 3. The van der Waals surface area contributed by atoms with E-state index in [1.54, 1.807) is 24.3 Å². The Morgan fingerprint density at radius 3 is 2.19 bits per heavy atom. The summed E-state index contributed by atoms with van der Waals surface area (Å²) in [5.74, 6) is 0.850. The number of benzene rings is 2. The first kappa shape index (κ1) is 22.1. The van der Waals surface area contributed by atoms with Gasteiger partial charge in [0.2, 0.25) is 0 Å². The zero-order chi connectivity index (χ0) is 25.5. The van der Waals surface area contributed by atoms with Crippen molar-refractivity contribution in [3.8, 4) is 5.75 Å². The number of ether oxygens (including phenoxy) is 1. The number of fused-ring (bicyclic) bond motifs is 6. The second-order valence-electron chi connectivity index (χ2n) is 10.1. The monoisotopic (exact) mass is 514 g/mol. The summed E-state index contributed by atoms with van der Waals surface area (Å²) in [6, 6.07) is 10.9. The summed E-state index contributed by atoms with van der Waals surface area (Å²) in [7, 11) is 0. The summed E-state index contributed by atoms with van der Waals surface area (Å²) >= 11 is 0. The highest BCUT2D eigenvalue weighted by molar-refractivity contribution is 5.99. The van der Waals surface area contributed by atoms with Crippen LogP contribution in [0.3, 0.4) is 0 Å². The maximum absolute atomic E-state index is 13.2. The average Bonchev–Trinajstić information content (AvgIpc) is 3.63. The lowest BCUT2D eigenvalue weighted by molar-refractivity contribution is -0.274. The van der Waals surface area contributed by atoms with E-state index in [1.807, 2.05) is 9.80 Å². The highest BCUT2D eigenvalue weighted by atomic mass is 19.4. The quantitative estimate of drug-likeness (QED) is 0.431. The smallest absolute Gasteiger partial charge is 0.406 e. The van der Waals surface area contributed by atoms with Crippen molar-refractivity contribution in [1.29, 1.82) is 0 Å². The Labute approximate surface area is 210 Å². The van der Waals surface area contributed by atoms with Crippen molar-refractivity contribution in [1.82, 2.24) is 30.2 Å². The number of amides is 2. The summed E-state index contributed by atoms with van der Waals surface area (Å²) in [6.07, 6.45) is -4.78. The van der Waals surface area contributed by atoms with Crippen molar-refractivity contribution in [2.24, 2.45) is 23.7 Å². The number of carbonyl (C=O) groups excluding carboxylic acids is 2. The summed E-state index contributed by atoms with van der Waals surface area (Å²) in [5, 5.41) is 11.3. The number of nitrogens with one attached hydrogen (secondary N) is 2. The minimum atomic E-state index is -4.78. The fourth-order valence-corrected chi connectivity index (χ4v) is 6.45. The standard InChI is InChI=1S/C25H21F3N6O3.2H2/c26-25(27,28)37-14-3-1-12-5-22(29-20(12)7-14)24(36)34-10-17-15-8-33(9-16(15)18(17)11-34)23(35)13-2-4-19-21(6-13)31-32-30-19;;/h1-7,15-18,29H,8-11H2,(H,30,31,32);2*1H/t15-,16+,17?,18?;;. The number of hydrogen-bond donors (Lipinski definition) is 2. The first-order chi connectivity index (χ1) is 17.7. The predicted octanol–water partition coefficient (Wildman–Crippen LogP) is 3.92. The van der Waals surface area contributed by atoms with Crippen LogP contribution in [0.15, 0.2) is 42.5 Å². The molecular formula is C25H25F3N6O3. The summed E-state index contributed by atoms with van der Waals surface area (Å²) in [5.41, 5.74) is 2.70. The van der Waals surface area contributed by atoms with E-state index in [1.165, 1.54) is 18.2 Å². The molecule has 37 heavy (non-hydrogen) atoms. The molecule has 2 aromatic carbocycles. The molecule has 0 radical (unpaired) electrons. The van der Waals surface area contributed by atoms with E-state index < -0.39 is 6.36 Å². The van der Waals surface area contributed by atoms with Gasteiger partial charge < -0.3 is 19.5 Å². The molecule has 2 N–H and O–H groups in total. The molecule has 4 heterocycles. The van der Waals surface area contributed by atoms with Crippen LogP contribution < -0.4 is 4.74 Å². The zero-order valence-corrected chi connectivity index (χ0v) is 19.3. The molecule has 4 atom stereocenters. The van der Waals surface area contributed by atoms with Gasteiger partial charge in [-0.15, -0.1) is 13.2 Å². The molecule has 3 aliphatic rings. The molecule has 2 aromatic heterocycles. The van der Waals surface area contributed by atoms with Gasteiger partial charge in [0.25, 0.3) is 11.8 Å². The van der Waals surface area contributed by atoms with Crippen LogP contribution >= 0.6 is 0 Å². The first-order valence-electron chi connectivity index (χ1n) is 12.0. The lowest BCUT2D eigenvalue weighted by Crippen LogP contribution is -2.44. The van der Waals surface area contributed by atoms with Crippen molar-refractivity contribution >= 4 is 33.8 Å². The normalized spacial score (nSPS) is 24.8. The topological polar surface area (TPSA) is 107 Å². The molecule has 4 aromatic rings. The van der Waals surface area contributed by atoms with Gasteiger partial charge in [-0.1, -0.05) is 0 Å². The Bertz CT molecular complexity index is 1550. The van der Waals surface area contributed by atoms with Gasteiger partial charge in [0.15, 0.2) is 0 Å². The van der Waals surface area contributed by atoms with Gasteiger partial charge in [0, 0.05) is 51.6 Å². The molecule has 12 heteroatoms. The summed E-state index contributed by atoms with van der Waals surface area (Å²) in [6.45, 7) is 2.54. The van der Waals surface area contributed by atoms with E-state index in [2.05, 4.69) is 25.1 Å². The van der Waals surface area contributed by atoms with Crippen LogP contribution in [0.4, 0.5) is 13.2 Å². The first-order valence-corrected chi connectivity index (χ1v) is 12.0. The number of nitrogens with zero attached hydrogens (tertiary/aromatic N) is 4. The molecule has 194 valence electrons. The van der Waals surface area contributed by atoms with Crippen molar-refractivity contribution in [2.45, 2.75) is 6.36 Å². The predicted molar refractivity (Wildman–Crippen MR) is 129 cm³/mol. The van der Waals surface area contributed by atoms with Crippen LogP contribution in [-0.2, 0) is 0 Å². The Balaban J connectivity index is 0.00000154. The van der Waals surface area contributed by atoms with Crippen LogP contribution in [-0.4, -0.2) is 74.6 Å². The molecule has 1 saturated carbocycles. The number of halogens is 3. The van der Waals surface area contributed by atoms with Crippen molar-refractivity contribution in [3.63, 3.8) is 0 Å². The number of aromatic amines is 2. The van der Waals surface area contributed by atoms with Gasteiger partial charge in [-0.05, 0) is 60.1 Å². The molecule has 3 fully saturated rings. The Morgan fingerprint density at radius 1 is 0.865 bits per heavy atom. The molecule has 2 amide bonds. The number of rotatable bonds is 3. The molecular weight excluding hydrogens is 489 g/mol. The molecule has 0 bridgehead atoms. The van der Waals surface area contributed by atoms with Gasteiger partial charge in [0.05, 0.1) is 0 Å². The third kappa shape index (κ3) is 3.61. The number of hydrogen-bond acceptors (Lipinski definition) is 5. The number of H-pyrrole nitrogens is 2. The van der Waals surface area contributed by atoms with Gasteiger partial charge in [-0.25, -0.2) is 0 Å². The molecule has 9 nitrogen and oxygen atoms in total. The Kier molecular flexibility index (Phi) is 4.61. The number of aromatic nitrogens is 4. The van der Waals surface area contributed by atoms with Gasteiger partial charge in [-0.2, -0.15) is 15.4 Å². The van der Waals surface area contributed by atoms with Gasteiger partial charge in [0.1, 0.15) is 22.5 Å². The van der Waals surface area contributed by atoms with E-state index in [0.29, 0.717) is 83.0 Å². The SMILES string of the molecule is O=C(c1ccc2n[nH]nc2c1)N1C[C@@H]2C3CN(C(=O)c4cc5ccc(OC(F)(F)F)cc5[nH]4)CC3[C@@H]2C1.[HH].[HH]. The fraction of sp³-hybridized carbons (Fsp3) is 0.360. The van der Waals surface area contributed by atoms with Crippen molar-refractivity contribution in [3.05, 3.63) is 53.7 Å². The molecule has 2 unspecified atom stereocenters. The summed E-state index contributed by atoms with van der Waals surface area (Å²) < 4.78 is 41.6. The van der Waals surface area contributed by atoms with Crippen LogP contribution in [0.25, 0.3) is 21.9 Å². The van der Waals surface area contributed by atoms with E-state index in [0.717, 1.165) is 0 Å². The molecule has 2 saturated heterocycles. The largest absolute Gasteiger partial charge is 0.573 e. The van der Waals surface area contributed by atoms with Gasteiger partial charge >= 0.3 is 6.36 Å². The Hall–Kier alpha value is -4.09. The van der Waals surface area contributed by atoms with Crippen molar-refractivity contribution in [2.75, 3.05) is 26.2 Å². The molecule has 1 aliphatic carbocycles. The molecule has 2 aliphatic heterocycles. The highest BCUT2D eigenvalue weighted by Crippen LogP contribution is 2.54. The molecule has 0 spiro atoms. The third-order valence-electron chi connectivity index (χ3n) is 8.12. The minimum absolute atomic E-state index is 0. The maximum Gasteiger partial charge on any atom is 0.573 e. The Morgan fingerprint density at radius 2 is 1.51 bits per heavy atom. The minimum Gasteiger partial charge on any atom is -0.406 e. The van der Waals surface area contributed by atoms with Crippen LogP contribution in [0.1, 0.15) is 23.7 Å². The van der Waals surface area contributed by atoms with E-state index in [-0.39, 0.29) is 20.4 Å². The highest BCUT2D eigenvalue weighted by Gasteiger charge is 2.59. The second-order valence-corrected chi connectivity index (χ2v) is 10.1. The zero-order valence-electron chi connectivity index (χ0n) is 19.3. The lowest BCUT2D eigenvalue weighted by atomic mass is 9.60. The maximum atomic E-state index is 13.2. The van der Waals surface area contributed by atoms with Gasteiger partial charge in [-0.3, -0.25) is 9.59 Å². The van der Waals surface area contributed by atoms with E-state index >= 15 is 0 Å². The summed E-state index contributed by atoms with van der Waals surface area (Å²) in [4.78, 5) is 33.0.